The molecule has 0 unspecified atom stereocenters. The lowest BCUT2D eigenvalue weighted by Crippen LogP contribution is -2.23. The van der Waals surface area contributed by atoms with Gasteiger partial charge >= 0.3 is 0 Å². The zero-order chi connectivity index (χ0) is 12.3. The minimum atomic E-state index is -0.513. The van der Waals surface area contributed by atoms with Gasteiger partial charge in [0.1, 0.15) is 5.82 Å². The maximum absolute atomic E-state index is 13.1. The lowest BCUT2D eigenvalue weighted by Gasteiger charge is -2.26. The first-order valence-corrected chi connectivity index (χ1v) is 6.42. The van der Waals surface area contributed by atoms with Gasteiger partial charge in [0.05, 0.1) is 11.5 Å². The SMILES string of the molecule is N#CC1(c2ccc(F)cc2Cl)CCCCCC1. The van der Waals surface area contributed by atoms with Crippen molar-refractivity contribution in [3.05, 3.63) is 34.6 Å². The molecule has 0 saturated heterocycles. The van der Waals surface area contributed by atoms with Gasteiger partial charge in [-0.15, -0.1) is 0 Å². The summed E-state index contributed by atoms with van der Waals surface area (Å²) in [5.74, 6) is -0.347. The number of benzene rings is 1. The lowest BCUT2D eigenvalue weighted by molar-refractivity contribution is 0.474. The second-order valence-corrected chi connectivity index (χ2v) is 5.14. The minimum Gasteiger partial charge on any atom is -0.207 e. The normalized spacial score (nSPS) is 19.4. The molecule has 17 heavy (non-hydrogen) atoms. The monoisotopic (exact) mass is 251 g/mol. The highest BCUT2D eigenvalue weighted by Crippen LogP contribution is 2.40. The number of nitrogens with zero attached hydrogens (tertiary/aromatic N) is 1. The third-order valence-electron chi connectivity index (χ3n) is 3.62. The molecule has 2 rings (SSSR count). The standard InChI is InChI=1S/C14H15ClFN/c15-13-9-11(16)5-6-12(13)14(10-17)7-3-1-2-4-8-14/h5-6,9H,1-4,7-8H2. The zero-order valence-electron chi connectivity index (χ0n) is 9.68. The molecule has 0 aromatic heterocycles. The first-order chi connectivity index (χ1) is 8.18. The second kappa shape index (κ2) is 5.06. The molecule has 1 aromatic rings. The zero-order valence-corrected chi connectivity index (χ0v) is 10.4. The average Bonchev–Trinajstić information content (AvgIpc) is 2.55. The van der Waals surface area contributed by atoms with Crippen LogP contribution in [0.3, 0.4) is 0 Å². The molecular formula is C14H15ClFN. The van der Waals surface area contributed by atoms with Crippen molar-refractivity contribution < 1.29 is 4.39 Å². The van der Waals surface area contributed by atoms with Gasteiger partial charge in [0.15, 0.2) is 0 Å². The van der Waals surface area contributed by atoms with Crippen LogP contribution in [0.15, 0.2) is 18.2 Å². The third kappa shape index (κ3) is 2.45. The van der Waals surface area contributed by atoms with Crippen molar-refractivity contribution in [3.63, 3.8) is 0 Å². The van der Waals surface area contributed by atoms with E-state index in [4.69, 9.17) is 11.6 Å². The second-order valence-electron chi connectivity index (χ2n) is 4.73. The van der Waals surface area contributed by atoms with Crippen LogP contribution in [0.5, 0.6) is 0 Å². The van der Waals surface area contributed by atoms with Crippen molar-refractivity contribution in [2.45, 2.75) is 43.9 Å². The fourth-order valence-electron chi connectivity index (χ4n) is 2.65. The van der Waals surface area contributed by atoms with Crippen molar-refractivity contribution in [2.24, 2.45) is 0 Å². The summed E-state index contributed by atoms with van der Waals surface area (Å²) in [5, 5.41) is 9.89. The Hall–Kier alpha value is -1.07. The van der Waals surface area contributed by atoms with Crippen molar-refractivity contribution in [3.8, 4) is 6.07 Å². The lowest BCUT2D eigenvalue weighted by atomic mass is 9.75. The fraction of sp³-hybridized carbons (Fsp3) is 0.500. The maximum atomic E-state index is 13.1. The number of nitriles is 1. The molecule has 1 saturated carbocycles. The smallest absolute Gasteiger partial charge is 0.124 e. The quantitative estimate of drug-likeness (QED) is 0.670. The van der Waals surface area contributed by atoms with Gasteiger partial charge in [0.25, 0.3) is 0 Å². The van der Waals surface area contributed by atoms with Crippen LogP contribution in [0.2, 0.25) is 5.02 Å². The van der Waals surface area contributed by atoms with Crippen LogP contribution in [0.1, 0.15) is 44.1 Å². The van der Waals surface area contributed by atoms with Crippen LogP contribution >= 0.6 is 11.6 Å². The Bertz CT molecular complexity index is 442. The molecule has 3 heteroatoms. The van der Waals surface area contributed by atoms with Gasteiger partial charge in [0, 0.05) is 5.02 Å². The molecule has 0 heterocycles. The largest absolute Gasteiger partial charge is 0.207 e. The van der Waals surface area contributed by atoms with Crippen LogP contribution in [0, 0.1) is 17.1 Å². The third-order valence-corrected chi connectivity index (χ3v) is 3.93. The minimum absolute atomic E-state index is 0.347. The van der Waals surface area contributed by atoms with E-state index < -0.39 is 5.41 Å². The van der Waals surface area contributed by atoms with Crippen LogP contribution in [-0.2, 0) is 5.41 Å². The Balaban J connectivity index is 2.43. The molecule has 0 bridgehead atoms. The first kappa shape index (κ1) is 12.4. The van der Waals surface area contributed by atoms with Crippen molar-refractivity contribution >= 4 is 11.6 Å². The number of halogens is 2. The Kier molecular flexibility index (Phi) is 3.69. The van der Waals surface area contributed by atoms with Crippen LogP contribution in [0.25, 0.3) is 0 Å². The number of hydrogen-bond donors (Lipinski definition) is 0. The van der Waals surface area contributed by atoms with E-state index in [0.717, 1.165) is 31.2 Å². The fourth-order valence-corrected chi connectivity index (χ4v) is 3.00. The van der Waals surface area contributed by atoms with Gasteiger partial charge in [-0.05, 0) is 30.5 Å². The molecule has 0 spiro atoms. The molecule has 0 aliphatic heterocycles. The molecule has 0 amide bonds. The van der Waals surface area contributed by atoms with Crippen LogP contribution in [0.4, 0.5) is 4.39 Å². The van der Waals surface area contributed by atoms with E-state index in [1.807, 2.05) is 0 Å². The van der Waals surface area contributed by atoms with Gasteiger partial charge in [-0.2, -0.15) is 5.26 Å². The van der Waals surface area contributed by atoms with E-state index >= 15 is 0 Å². The van der Waals surface area contributed by atoms with Gasteiger partial charge in [-0.3, -0.25) is 0 Å². The van der Waals surface area contributed by atoms with Gasteiger partial charge in [-0.25, -0.2) is 4.39 Å². The van der Waals surface area contributed by atoms with Gasteiger partial charge in [-0.1, -0.05) is 43.4 Å². The summed E-state index contributed by atoms with van der Waals surface area (Å²) in [5.41, 5.74) is 0.284. The average molecular weight is 252 g/mol. The number of rotatable bonds is 1. The molecule has 0 N–H and O–H groups in total. The molecule has 0 atom stereocenters. The van der Waals surface area contributed by atoms with E-state index in [2.05, 4.69) is 6.07 Å². The Morgan fingerprint density at radius 2 is 1.82 bits per heavy atom. The molecule has 1 aliphatic rings. The predicted molar refractivity (Wildman–Crippen MR) is 66.4 cm³/mol. The van der Waals surface area contributed by atoms with E-state index in [1.165, 1.54) is 25.0 Å². The van der Waals surface area contributed by atoms with Crippen LogP contribution < -0.4 is 0 Å². The van der Waals surface area contributed by atoms with Crippen molar-refractivity contribution in [1.82, 2.24) is 0 Å². The molecular weight excluding hydrogens is 237 g/mol. The van der Waals surface area contributed by atoms with E-state index in [1.54, 1.807) is 6.07 Å². The highest BCUT2D eigenvalue weighted by atomic mass is 35.5. The summed E-state index contributed by atoms with van der Waals surface area (Å²) >= 11 is 6.09. The van der Waals surface area contributed by atoms with E-state index in [0.29, 0.717) is 5.02 Å². The Morgan fingerprint density at radius 3 is 2.35 bits per heavy atom. The Morgan fingerprint density at radius 1 is 1.18 bits per heavy atom. The van der Waals surface area contributed by atoms with E-state index in [-0.39, 0.29) is 5.82 Å². The summed E-state index contributed by atoms with van der Waals surface area (Å²) in [6.07, 6.45) is 6.08. The highest BCUT2D eigenvalue weighted by molar-refractivity contribution is 6.31. The summed E-state index contributed by atoms with van der Waals surface area (Å²) < 4.78 is 13.1. The van der Waals surface area contributed by atoms with Gasteiger partial charge < -0.3 is 0 Å². The molecule has 1 nitrogen and oxygen atoms in total. The Labute approximate surface area is 106 Å². The predicted octanol–water partition coefficient (Wildman–Crippen LogP) is 4.59. The summed E-state index contributed by atoms with van der Waals surface area (Å²) in [6.45, 7) is 0. The number of hydrogen-bond acceptors (Lipinski definition) is 1. The van der Waals surface area contributed by atoms with E-state index in [9.17, 15) is 9.65 Å². The summed E-state index contributed by atoms with van der Waals surface area (Å²) in [4.78, 5) is 0. The molecule has 0 radical (unpaired) electrons. The summed E-state index contributed by atoms with van der Waals surface area (Å²) in [7, 11) is 0. The topological polar surface area (TPSA) is 23.8 Å². The molecule has 90 valence electrons. The van der Waals surface area contributed by atoms with Crippen LogP contribution in [-0.4, -0.2) is 0 Å². The molecule has 1 fully saturated rings. The molecule has 1 aromatic carbocycles. The summed E-state index contributed by atoms with van der Waals surface area (Å²) in [6, 6.07) is 6.80. The van der Waals surface area contributed by atoms with Crippen molar-refractivity contribution in [2.75, 3.05) is 0 Å². The van der Waals surface area contributed by atoms with Gasteiger partial charge in [0.2, 0.25) is 0 Å². The molecule has 1 aliphatic carbocycles. The highest BCUT2D eigenvalue weighted by Gasteiger charge is 2.34. The maximum Gasteiger partial charge on any atom is 0.124 e. The van der Waals surface area contributed by atoms with Crippen molar-refractivity contribution in [1.29, 1.82) is 5.26 Å². The first-order valence-electron chi connectivity index (χ1n) is 6.05.